The molecule has 40 heavy (non-hydrogen) atoms. The average Bonchev–Trinajstić information content (AvgIpc) is 3.62. The topological polar surface area (TPSA) is 183 Å². The molecule has 2 aliphatic rings. The lowest BCUT2D eigenvalue weighted by atomic mass is 10.1. The highest BCUT2D eigenvalue weighted by atomic mass is 31.2. The number of nitrogens with two attached hydrogens (primary N) is 1. The number of fused-ring (bicyclic) bond motifs is 1. The molecule has 3 aromatic rings. The zero-order valence-electron chi connectivity index (χ0n) is 22.1. The number of carbonyl (C=O) groups excluding carboxylic acids is 1. The Morgan fingerprint density at radius 1 is 1.25 bits per heavy atom. The van der Waals surface area contributed by atoms with Crippen molar-refractivity contribution in [2.45, 2.75) is 49.9 Å². The van der Waals surface area contributed by atoms with Crippen molar-refractivity contribution in [1.82, 2.24) is 24.6 Å². The number of aromatic nitrogens is 3. The Balaban J connectivity index is 1.28. The first-order valence-corrected chi connectivity index (χ1v) is 14.4. The molecule has 4 heterocycles. The van der Waals surface area contributed by atoms with Gasteiger partial charge in [0.25, 0.3) is 0 Å². The van der Waals surface area contributed by atoms with Crippen LogP contribution >= 0.6 is 7.75 Å². The molecule has 2 saturated heterocycles. The van der Waals surface area contributed by atoms with Crippen LogP contribution < -0.4 is 15.3 Å². The number of anilines is 1. The number of nitrogens with one attached hydrogen (secondary N) is 1. The van der Waals surface area contributed by atoms with Crippen LogP contribution in [-0.2, 0) is 23.4 Å². The van der Waals surface area contributed by atoms with Crippen molar-refractivity contribution in [2.24, 2.45) is 0 Å². The Morgan fingerprint density at radius 2 is 2.02 bits per heavy atom. The first kappa shape index (κ1) is 28.4. The fourth-order valence-electron chi connectivity index (χ4n) is 4.75. The minimum Gasteiger partial charge on any atom is -0.460 e. The van der Waals surface area contributed by atoms with Gasteiger partial charge in [0.1, 0.15) is 54.2 Å². The molecular formula is C25H33N6O8P. The van der Waals surface area contributed by atoms with Crippen molar-refractivity contribution in [3.8, 4) is 5.75 Å². The summed E-state index contributed by atoms with van der Waals surface area (Å²) in [6.07, 6.45) is -3.09. The van der Waals surface area contributed by atoms with E-state index in [1.54, 1.807) is 42.5 Å². The zero-order chi connectivity index (χ0) is 28.4. The monoisotopic (exact) mass is 576 g/mol. The number of benzene rings is 1. The fourth-order valence-corrected chi connectivity index (χ4v) is 6.25. The predicted octanol–water partition coefficient (Wildman–Crippen LogP) is 0.902. The van der Waals surface area contributed by atoms with Crippen LogP contribution in [0, 0.1) is 0 Å². The Morgan fingerprint density at radius 3 is 2.75 bits per heavy atom. The molecule has 7 atom stereocenters. The number of esters is 1. The Bertz CT molecular complexity index is 1380. The molecule has 1 aromatic carbocycles. The number of nitrogen functional groups attached to an aromatic ring is 1. The summed E-state index contributed by atoms with van der Waals surface area (Å²) in [6.45, 7) is 2.50. The lowest BCUT2D eigenvalue weighted by molar-refractivity contribution is -0.150. The van der Waals surface area contributed by atoms with E-state index in [1.807, 2.05) is 7.05 Å². The van der Waals surface area contributed by atoms with E-state index in [0.29, 0.717) is 24.2 Å². The molecule has 1 unspecified atom stereocenters. The van der Waals surface area contributed by atoms with E-state index in [2.05, 4.69) is 20.1 Å². The maximum absolute atomic E-state index is 13.8. The maximum atomic E-state index is 13.8. The molecule has 5 N–H and O–H groups in total. The Labute approximate surface area is 230 Å². The Kier molecular flexibility index (Phi) is 8.38. The summed E-state index contributed by atoms with van der Waals surface area (Å²) < 4.78 is 38.1. The van der Waals surface area contributed by atoms with Crippen LogP contribution in [0.25, 0.3) is 5.52 Å². The molecule has 14 nitrogen and oxygen atoms in total. The SMILES string of the molecule is C[C@H](NP(=O)(OC[C@H]1O[C@@H](c2ccc3c(N)ncnn23)[C@H](O)[C@@H]1O)Oc1ccccc1)C(=O)O[C@H]1CCN(C)C1. The van der Waals surface area contributed by atoms with Crippen LogP contribution in [0.2, 0.25) is 0 Å². The second-order valence-corrected chi connectivity index (χ2v) is 11.6. The standard InChI is InChI=1S/C25H33N6O8P/c1-15(25(34)37-17-10-11-30(2)12-17)29-40(35,39-16-6-4-3-5-7-16)36-13-20-21(32)22(33)23(38-20)18-8-9-19-24(26)27-14-28-31(18)19/h3-9,14-15,17,20-23,32-33H,10-13H2,1-2H3,(H,29,35)(H2,26,27,28)/t15-,17-,20+,21+,22+,23-,40?/m0/s1. The van der Waals surface area contributed by atoms with Gasteiger partial charge in [0, 0.05) is 13.1 Å². The molecule has 0 saturated carbocycles. The molecular weight excluding hydrogens is 543 g/mol. The van der Waals surface area contributed by atoms with E-state index in [9.17, 15) is 19.6 Å². The molecule has 2 aliphatic heterocycles. The van der Waals surface area contributed by atoms with Gasteiger partial charge in [-0.05, 0) is 44.7 Å². The molecule has 15 heteroatoms. The largest absolute Gasteiger partial charge is 0.460 e. The van der Waals surface area contributed by atoms with Gasteiger partial charge in [0.2, 0.25) is 0 Å². The van der Waals surface area contributed by atoms with E-state index < -0.39 is 50.8 Å². The maximum Gasteiger partial charge on any atom is 0.459 e. The number of ether oxygens (including phenoxy) is 2. The van der Waals surface area contributed by atoms with Crippen molar-refractivity contribution >= 4 is 25.1 Å². The lowest BCUT2D eigenvalue weighted by Crippen LogP contribution is -2.38. The van der Waals surface area contributed by atoms with E-state index in [4.69, 9.17) is 24.3 Å². The van der Waals surface area contributed by atoms with Crippen molar-refractivity contribution < 1.29 is 38.1 Å². The highest BCUT2D eigenvalue weighted by Crippen LogP contribution is 2.46. The number of hydrogen-bond donors (Lipinski definition) is 4. The first-order valence-electron chi connectivity index (χ1n) is 12.9. The number of likely N-dealkylation sites (tertiary alicyclic amines) is 1. The molecule has 0 amide bonds. The molecule has 216 valence electrons. The van der Waals surface area contributed by atoms with Crippen LogP contribution in [0.5, 0.6) is 5.75 Å². The van der Waals surface area contributed by atoms with Gasteiger partial charge in [0.15, 0.2) is 5.82 Å². The van der Waals surface area contributed by atoms with Crippen molar-refractivity contribution in [3.63, 3.8) is 0 Å². The molecule has 2 aromatic heterocycles. The Hall–Kier alpha value is -3.10. The molecule has 0 spiro atoms. The fraction of sp³-hybridized carbons (Fsp3) is 0.480. The van der Waals surface area contributed by atoms with Gasteiger partial charge in [-0.3, -0.25) is 9.32 Å². The molecule has 0 bridgehead atoms. The third-order valence-electron chi connectivity index (χ3n) is 6.88. The van der Waals surface area contributed by atoms with Gasteiger partial charge in [-0.2, -0.15) is 10.2 Å². The highest BCUT2D eigenvalue weighted by Gasteiger charge is 2.46. The summed E-state index contributed by atoms with van der Waals surface area (Å²) in [5.41, 5.74) is 6.85. The third kappa shape index (κ3) is 6.13. The van der Waals surface area contributed by atoms with Crippen molar-refractivity contribution in [3.05, 3.63) is 54.5 Å². The van der Waals surface area contributed by atoms with E-state index in [-0.39, 0.29) is 17.7 Å². The van der Waals surface area contributed by atoms with E-state index in [0.717, 1.165) is 6.54 Å². The average molecular weight is 577 g/mol. The van der Waals surface area contributed by atoms with Crippen LogP contribution in [0.3, 0.4) is 0 Å². The smallest absolute Gasteiger partial charge is 0.459 e. The quantitative estimate of drug-likeness (QED) is 0.197. The van der Waals surface area contributed by atoms with Gasteiger partial charge >= 0.3 is 13.7 Å². The minimum absolute atomic E-state index is 0.235. The predicted molar refractivity (Wildman–Crippen MR) is 142 cm³/mol. The summed E-state index contributed by atoms with van der Waals surface area (Å²) >= 11 is 0. The van der Waals surface area contributed by atoms with Crippen molar-refractivity contribution in [2.75, 3.05) is 32.5 Å². The third-order valence-corrected chi connectivity index (χ3v) is 8.52. The number of aliphatic hydroxyl groups excluding tert-OH is 2. The van der Waals surface area contributed by atoms with Gasteiger partial charge in [0.05, 0.1) is 12.3 Å². The number of para-hydroxylation sites is 1. The lowest BCUT2D eigenvalue weighted by Gasteiger charge is -2.25. The number of rotatable bonds is 10. The van der Waals surface area contributed by atoms with Crippen molar-refractivity contribution in [1.29, 1.82) is 0 Å². The summed E-state index contributed by atoms with van der Waals surface area (Å²) in [4.78, 5) is 18.7. The number of aliphatic hydroxyl groups is 2. The first-order chi connectivity index (χ1) is 19.1. The van der Waals surface area contributed by atoms with Crippen LogP contribution in [-0.4, -0.2) is 92.9 Å². The number of hydrogen-bond acceptors (Lipinski definition) is 12. The van der Waals surface area contributed by atoms with Gasteiger partial charge in [-0.25, -0.2) is 14.1 Å². The summed E-state index contributed by atoms with van der Waals surface area (Å²) in [5.74, 6) is -0.124. The number of nitrogens with zero attached hydrogens (tertiary/aromatic N) is 4. The minimum atomic E-state index is -4.21. The van der Waals surface area contributed by atoms with E-state index in [1.165, 1.54) is 17.8 Å². The zero-order valence-corrected chi connectivity index (χ0v) is 23.0. The number of likely N-dealkylation sites (N-methyl/N-ethyl adjacent to an activating group) is 1. The van der Waals surface area contributed by atoms with Gasteiger partial charge in [-0.1, -0.05) is 18.2 Å². The van der Waals surface area contributed by atoms with Crippen LogP contribution in [0.1, 0.15) is 25.1 Å². The van der Waals surface area contributed by atoms with Crippen LogP contribution in [0.4, 0.5) is 5.82 Å². The second kappa shape index (κ2) is 11.8. The summed E-state index contributed by atoms with van der Waals surface area (Å²) in [7, 11) is -2.27. The van der Waals surface area contributed by atoms with Crippen LogP contribution in [0.15, 0.2) is 48.8 Å². The summed E-state index contributed by atoms with van der Waals surface area (Å²) in [5, 5.41) is 28.3. The van der Waals surface area contributed by atoms with Gasteiger partial charge < -0.3 is 34.8 Å². The highest BCUT2D eigenvalue weighted by molar-refractivity contribution is 7.52. The normalized spacial score (nSPS) is 27.4. The van der Waals surface area contributed by atoms with Gasteiger partial charge in [-0.15, -0.1) is 0 Å². The number of carbonyl (C=O) groups is 1. The molecule has 0 aliphatic carbocycles. The molecule has 2 fully saturated rings. The van der Waals surface area contributed by atoms with E-state index >= 15 is 0 Å². The summed E-state index contributed by atoms with van der Waals surface area (Å²) in [6, 6.07) is 10.6. The molecule has 5 rings (SSSR count). The molecule has 0 radical (unpaired) electrons. The second-order valence-electron chi connectivity index (χ2n) is 9.94.